The fourth-order valence-corrected chi connectivity index (χ4v) is 4.79. The molecule has 5 rings (SSSR count). The SMILES string of the molecule is C[C@@H]1C=CC[C@@H]2C(=O)N(c3ccc(C(=O)OCC(=O)Nc4ccc(Oc5ccccc5)cc4)cc3)C(=O)[C@@H]12. The van der Waals surface area contributed by atoms with Gasteiger partial charge in [0, 0.05) is 5.69 Å². The van der Waals surface area contributed by atoms with Crippen LogP contribution in [0.3, 0.4) is 0 Å². The fraction of sp³-hybridized carbons (Fsp3) is 0.200. The van der Waals surface area contributed by atoms with Gasteiger partial charge >= 0.3 is 5.97 Å². The maximum absolute atomic E-state index is 12.9. The number of imide groups is 1. The summed E-state index contributed by atoms with van der Waals surface area (Å²) in [5.74, 6) is -1.02. The molecule has 1 heterocycles. The Morgan fingerprint density at radius 2 is 1.58 bits per heavy atom. The monoisotopic (exact) mass is 510 g/mol. The molecule has 0 bridgehead atoms. The van der Waals surface area contributed by atoms with Crippen LogP contribution in [0.15, 0.2) is 91.0 Å². The van der Waals surface area contributed by atoms with Gasteiger partial charge in [0.05, 0.1) is 23.1 Å². The van der Waals surface area contributed by atoms with E-state index in [0.717, 1.165) is 0 Å². The van der Waals surface area contributed by atoms with E-state index in [1.165, 1.54) is 17.0 Å². The zero-order valence-electron chi connectivity index (χ0n) is 20.7. The number of carbonyl (C=O) groups is 4. The standard InChI is InChI=1S/C30H26N2O6/c1-19-6-5-9-25-27(19)29(35)32(28(25)34)22-14-10-20(11-15-22)30(36)37-18-26(33)31-21-12-16-24(17-13-21)38-23-7-3-2-4-8-23/h2-8,10-17,19,25,27H,9,18H2,1H3,(H,31,33)/t19-,25+,27+/m1/s1. The number of allylic oxidation sites excluding steroid dienone is 2. The van der Waals surface area contributed by atoms with Crippen LogP contribution in [-0.4, -0.2) is 30.3 Å². The van der Waals surface area contributed by atoms with Crippen LogP contribution in [0.2, 0.25) is 0 Å². The third-order valence-electron chi connectivity index (χ3n) is 6.69. The van der Waals surface area contributed by atoms with Gasteiger partial charge in [0.1, 0.15) is 11.5 Å². The van der Waals surface area contributed by atoms with Gasteiger partial charge in [0.25, 0.3) is 5.91 Å². The van der Waals surface area contributed by atoms with Gasteiger partial charge in [-0.05, 0) is 73.0 Å². The summed E-state index contributed by atoms with van der Waals surface area (Å²) in [5.41, 5.74) is 1.15. The fourth-order valence-electron chi connectivity index (χ4n) is 4.79. The van der Waals surface area contributed by atoms with E-state index in [4.69, 9.17) is 9.47 Å². The van der Waals surface area contributed by atoms with E-state index < -0.39 is 18.5 Å². The van der Waals surface area contributed by atoms with Crippen molar-refractivity contribution in [2.75, 3.05) is 16.8 Å². The van der Waals surface area contributed by atoms with Crippen molar-refractivity contribution in [3.05, 3.63) is 96.6 Å². The van der Waals surface area contributed by atoms with Crippen molar-refractivity contribution < 1.29 is 28.7 Å². The molecule has 0 aromatic heterocycles. The molecule has 0 unspecified atom stereocenters. The van der Waals surface area contributed by atoms with Gasteiger partial charge in [-0.25, -0.2) is 4.79 Å². The minimum atomic E-state index is -0.691. The number of benzene rings is 3. The van der Waals surface area contributed by atoms with E-state index in [1.54, 1.807) is 36.4 Å². The zero-order valence-corrected chi connectivity index (χ0v) is 20.7. The molecule has 1 saturated heterocycles. The number of rotatable bonds is 7. The second-order valence-electron chi connectivity index (χ2n) is 9.28. The Morgan fingerprint density at radius 1 is 0.895 bits per heavy atom. The largest absolute Gasteiger partial charge is 0.457 e. The smallest absolute Gasteiger partial charge is 0.338 e. The average Bonchev–Trinajstić information content (AvgIpc) is 3.19. The summed E-state index contributed by atoms with van der Waals surface area (Å²) < 4.78 is 10.9. The number of anilines is 2. The zero-order chi connectivity index (χ0) is 26.6. The summed E-state index contributed by atoms with van der Waals surface area (Å²) in [6, 6.07) is 22.2. The molecule has 3 amide bonds. The van der Waals surface area contributed by atoms with Crippen LogP contribution < -0.4 is 15.0 Å². The number of ether oxygens (including phenoxy) is 2. The Kier molecular flexibility index (Phi) is 7.04. The van der Waals surface area contributed by atoms with E-state index >= 15 is 0 Å². The second kappa shape index (κ2) is 10.7. The molecular weight excluding hydrogens is 484 g/mol. The first-order chi connectivity index (χ1) is 18.4. The normalized spacial score (nSPS) is 20.1. The molecule has 3 atom stereocenters. The summed E-state index contributed by atoms with van der Waals surface area (Å²) >= 11 is 0. The average molecular weight is 511 g/mol. The lowest BCUT2D eigenvalue weighted by Crippen LogP contribution is -2.31. The van der Waals surface area contributed by atoms with E-state index in [9.17, 15) is 19.2 Å². The van der Waals surface area contributed by atoms with Crippen LogP contribution in [0, 0.1) is 17.8 Å². The first-order valence-corrected chi connectivity index (χ1v) is 12.3. The van der Waals surface area contributed by atoms with Gasteiger partial charge in [-0.3, -0.25) is 19.3 Å². The summed E-state index contributed by atoms with van der Waals surface area (Å²) in [5, 5.41) is 2.67. The number of esters is 1. The summed E-state index contributed by atoms with van der Waals surface area (Å²) in [6.07, 6.45) is 4.47. The topological polar surface area (TPSA) is 102 Å². The molecule has 8 nitrogen and oxygen atoms in total. The molecule has 2 aliphatic rings. The van der Waals surface area contributed by atoms with Gasteiger partial charge in [0.2, 0.25) is 11.8 Å². The van der Waals surface area contributed by atoms with E-state index in [0.29, 0.717) is 29.3 Å². The maximum atomic E-state index is 12.9. The maximum Gasteiger partial charge on any atom is 0.338 e. The van der Waals surface area contributed by atoms with E-state index in [-0.39, 0.29) is 35.1 Å². The Labute approximate surface area is 219 Å². The van der Waals surface area contributed by atoms with Gasteiger partial charge < -0.3 is 14.8 Å². The van der Waals surface area contributed by atoms with Gasteiger partial charge in [0.15, 0.2) is 6.61 Å². The molecule has 1 aliphatic carbocycles. The molecule has 3 aromatic rings. The second-order valence-corrected chi connectivity index (χ2v) is 9.28. The molecule has 3 aromatic carbocycles. The lowest BCUT2D eigenvalue weighted by molar-refractivity contribution is -0.123. The van der Waals surface area contributed by atoms with Crippen LogP contribution in [0.4, 0.5) is 11.4 Å². The number of para-hydroxylation sites is 1. The molecule has 192 valence electrons. The van der Waals surface area contributed by atoms with E-state index in [1.807, 2.05) is 49.4 Å². The molecule has 0 radical (unpaired) electrons. The Morgan fingerprint density at radius 3 is 2.26 bits per heavy atom. The predicted octanol–water partition coefficient (Wildman–Crippen LogP) is 4.98. The van der Waals surface area contributed by atoms with Gasteiger partial charge in [-0.1, -0.05) is 37.3 Å². The summed E-state index contributed by atoms with van der Waals surface area (Å²) in [7, 11) is 0. The third kappa shape index (κ3) is 5.20. The molecule has 1 N–H and O–H groups in total. The molecule has 0 saturated carbocycles. The number of fused-ring (bicyclic) bond motifs is 1. The van der Waals surface area contributed by atoms with Crippen molar-refractivity contribution in [2.45, 2.75) is 13.3 Å². The molecule has 1 fully saturated rings. The highest BCUT2D eigenvalue weighted by molar-refractivity contribution is 6.22. The third-order valence-corrected chi connectivity index (χ3v) is 6.69. The highest BCUT2D eigenvalue weighted by atomic mass is 16.5. The van der Waals surface area contributed by atoms with Crippen LogP contribution in [0.5, 0.6) is 11.5 Å². The van der Waals surface area contributed by atoms with Crippen molar-refractivity contribution in [2.24, 2.45) is 17.8 Å². The van der Waals surface area contributed by atoms with Crippen LogP contribution in [0.25, 0.3) is 0 Å². The molecule has 0 spiro atoms. The Hall–Kier alpha value is -4.72. The number of carbonyl (C=O) groups excluding carboxylic acids is 4. The molecular formula is C30H26N2O6. The molecule has 1 aliphatic heterocycles. The highest BCUT2D eigenvalue weighted by Gasteiger charge is 2.50. The minimum absolute atomic E-state index is 0.00356. The number of hydrogen-bond donors (Lipinski definition) is 1. The molecule has 38 heavy (non-hydrogen) atoms. The number of nitrogens with zero attached hydrogens (tertiary/aromatic N) is 1. The minimum Gasteiger partial charge on any atom is -0.457 e. The number of amides is 3. The Bertz CT molecular complexity index is 1380. The summed E-state index contributed by atoms with van der Waals surface area (Å²) in [6.45, 7) is 1.47. The number of nitrogens with one attached hydrogen (secondary N) is 1. The Balaban J connectivity index is 1.13. The summed E-state index contributed by atoms with van der Waals surface area (Å²) in [4.78, 5) is 51.7. The van der Waals surface area contributed by atoms with Gasteiger partial charge in [-0.2, -0.15) is 0 Å². The van der Waals surface area contributed by atoms with Crippen molar-refractivity contribution in [1.82, 2.24) is 0 Å². The predicted molar refractivity (Wildman–Crippen MR) is 141 cm³/mol. The first-order valence-electron chi connectivity index (χ1n) is 12.3. The number of hydrogen-bond acceptors (Lipinski definition) is 6. The first kappa shape index (κ1) is 25.0. The van der Waals surface area contributed by atoms with Crippen molar-refractivity contribution in [1.29, 1.82) is 0 Å². The van der Waals surface area contributed by atoms with Crippen LogP contribution in [0.1, 0.15) is 23.7 Å². The van der Waals surface area contributed by atoms with Crippen LogP contribution in [-0.2, 0) is 19.1 Å². The van der Waals surface area contributed by atoms with E-state index in [2.05, 4.69) is 5.32 Å². The van der Waals surface area contributed by atoms with Crippen molar-refractivity contribution in [3.8, 4) is 11.5 Å². The van der Waals surface area contributed by atoms with Gasteiger partial charge in [-0.15, -0.1) is 0 Å². The van der Waals surface area contributed by atoms with Crippen LogP contribution >= 0.6 is 0 Å². The highest BCUT2D eigenvalue weighted by Crippen LogP contribution is 2.40. The molecule has 8 heteroatoms. The lowest BCUT2D eigenvalue weighted by Gasteiger charge is -2.22. The quantitative estimate of drug-likeness (QED) is 0.273. The van der Waals surface area contributed by atoms with Crippen molar-refractivity contribution in [3.63, 3.8) is 0 Å². The van der Waals surface area contributed by atoms with Crippen molar-refractivity contribution >= 4 is 35.1 Å². The lowest BCUT2D eigenvalue weighted by atomic mass is 9.78.